The second-order valence-corrected chi connectivity index (χ2v) is 4.33. The Morgan fingerprint density at radius 2 is 2.16 bits per heavy atom. The van der Waals surface area contributed by atoms with E-state index in [-0.39, 0.29) is 5.56 Å². The SMILES string of the molecule is CC(CC(F)(F)F)n1cnc2ccc(C(=O)O)cc21. The van der Waals surface area contributed by atoms with Crippen molar-refractivity contribution in [3.05, 3.63) is 30.1 Å². The van der Waals surface area contributed by atoms with Gasteiger partial charge in [-0.1, -0.05) is 0 Å². The van der Waals surface area contributed by atoms with Crippen molar-refractivity contribution >= 4 is 17.0 Å². The Labute approximate surface area is 106 Å². The van der Waals surface area contributed by atoms with E-state index in [0.29, 0.717) is 11.0 Å². The number of carboxylic acid groups (broad SMARTS) is 1. The molecule has 0 radical (unpaired) electrons. The number of alkyl halides is 3. The Morgan fingerprint density at radius 3 is 2.74 bits per heavy atom. The van der Waals surface area contributed by atoms with Gasteiger partial charge in [0.1, 0.15) is 0 Å². The molecule has 102 valence electrons. The molecule has 4 nitrogen and oxygen atoms in total. The minimum atomic E-state index is -4.28. The van der Waals surface area contributed by atoms with E-state index in [1.807, 2.05) is 0 Å². The lowest BCUT2D eigenvalue weighted by Gasteiger charge is -2.16. The third-order valence-corrected chi connectivity index (χ3v) is 2.82. The third kappa shape index (κ3) is 2.86. The number of rotatable bonds is 3. The van der Waals surface area contributed by atoms with Crippen LogP contribution in [0, 0.1) is 0 Å². The molecular formula is C12H11F3N2O2. The van der Waals surface area contributed by atoms with Gasteiger partial charge in [-0.3, -0.25) is 0 Å². The number of nitrogens with zero attached hydrogens (tertiary/aromatic N) is 2. The first-order valence-electron chi connectivity index (χ1n) is 5.54. The molecule has 0 amide bonds. The van der Waals surface area contributed by atoms with Gasteiger partial charge in [0.05, 0.1) is 29.3 Å². The van der Waals surface area contributed by atoms with Crippen LogP contribution in [0.3, 0.4) is 0 Å². The monoisotopic (exact) mass is 272 g/mol. The fourth-order valence-electron chi connectivity index (χ4n) is 1.94. The van der Waals surface area contributed by atoms with E-state index in [9.17, 15) is 18.0 Å². The Morgan fingerprint density at radius 1 is 1.47 bits per heavy atom. The highest BCUT2D eigenvalue weighted by atomic mass is 19.4. The van der Waals surface area contributed by atoms with Crippen molar-refractivity contribution in [2.24, 2.45) is 0 Å². The average Bonchev–Trinajstić information content (AvgIpc) is 2.68. The summed E-state index contributed by atoms with van der Waals surface area (Å²) in [4.78, 5) is 14.8. The molecule has 0 spiro atoms. The third-order valence-electron chi connectivity index (χ3n) is 2.82. The van der Waals surface area contributed by atoms with Gasteiger partial charge in [-0.25, -0.2) is 9.78 Å². The Hall–Kier alpha value is -2.05. The molecule has 1 unspecified atom stereocenters. The zero-order valence-corrected chi connectivity index (χ0v) is 9.98. The van der Waals surface area contributed by atoms with Crippen molar-refractivity contribution in [1.82, 2.24) is 9.55 Å². The summed E-state index contributed by atoms with van der Waals surface area (Å²) in [6.45, 7) is 1.42. The highest BCUT2D eigenvalue weighted by molar-refractivity contribution is 5.92. The molecule has 7 heteroatoms. The van der Waals surface area contributed by atoms with Gasteiger partial charge in [0.15, 0.2) is 0 Å². The summed E-state index contributed by atoms with van der Waals surface area (Å²) in [6.07, 6.45) is -3.97. The fourth-order valence-corrected chi connectivity index (χ4v) is 1.94. The molecule has 19 heavy (non-hydrogen) atoms. The van der Waals surface area contributed by atoms with Crippen LogP contribution in [0.2, 0.25) is 0 Å². The molecule has 0 aliphatic heterocycles. The van der Waals surface area contributed by atoms with Gasteiger partial charge < -0.3 is 9.67 Å². The summed E-state index contributed by atoms with van der Waals surface area (Å²) in [5.41, 5.74) is 0.879. The molecule has 0 aliphatic carbocycles. The number of halogens is 3. The number of hydrogen-bond donors (Lipinski definition) is 1. The molecule has 2 aromatic rings. The molecule has 1 aromatic heterocycles. The number of aromatic nitrogens is 2. The first-order valence-corrected chi connectivity index (χ1v) is 5.54. The quantitative estimate of drug-likeness (QED) is 0.933. The van der Waals surface area contributed by atoms with Crippen molar-refractivity contribution in [3.63, 3.8) is 0 Å². The predicted octanol–water partition coefficient (Wildman–Crippen LogP) is 3.25. The zero-order chi connectivity index (χ0) is 14.2. The van der Waals surface area contributed by atoms with Crippen LogP contribution in [-0.4, -0.2) is 26.8 Å². The van der Waals surface area contributed by atoms with Gasteiger partial charge >= 0.3 is 12.1 Å². The second kappa shape index (κ2) is 4.56. The maximum Gasteiger partial charge on any atom is 0.391 e. The maximum absolute atomic E-state index is 12.4. The van der Waals surface area contributed by atoms with Gasteiger partial charge in [0.25, 0.3) is 0 Å². The van der Waals surface area contributed by atoms with Gasteiger partial charge in [-0.15, -0.1) is 0 Å². The lowest BCUT2D eigenvalue weighted by Crippen LogP contribution is -2.16. The number of benzene rings is 1. The largest absolute Gasteiger partial charge is 0.478 e. The zero-order valence-electron chi connectivity index (χ0n) is 9.98. The fraction of sp³-hybridized carbons (Fsp3) is 0.333. The molecule has 0 aliphatic rings. The second-order valence-electron chi connectivity index (χ2n) is 4.33. The summed E-state index contributed by atoms with van der Waals surface area (Å²) in [6, 6.07) is 3.35. The van der Waals surface area contributed by atoms with Crippen molar-refractivity contribution in [1.29, 1.82) is 0 Å². The molecule has 0 saturated carbocycles. The summed E-state index contributed by atoms with van der Waals surface area (Å²) < 4.78 is 38.5. The van der Waals surface area contributed by atoms with Crippen LogP contribution in [0.4, 0.5) is 13.2 Å². The van der Waals surface area contributed by atoms with E-state index in [1.165, 1.54) is 36.0 Å². The highest BCUT2D eigenvalue weighted by Crippen LogP contribution is 2.29. The van der Waals surface area contributed by atoms with Crippen molar-refractivity contribution in [2.45, 2.75) is 25.6 Å². The molecule has 1 atom stereocenters. The van der Waals surface area contributed by atoms with E-state index < -0.39 is 24.6 Å². The van der Waals surface area contributed by atoms with Crippen LogP contribution in [0.1, 0.15) is 29.7 Å². The molecule has 0 bridgehead atoms. The number of hydrogen-bond acceptors (Lipinski definition) is 2. The van der Waals surface area contributed by atoms with E-state index in [4.69, 9.17) is 5.11 Å². The van der Waals surface area contributed by atoms with Crippen LogP contribution in [0.5, 0.6) is 0 Å². The number of carboxylic acids is 1. The standard InChI is InChI=1S/C12H11F3N2O2/c1-7(5-12(13,14)15)17-6-16-9-3-2-8(11(18)19)4-10(9)17/h2-4,6-7H,5H2,1H3,(H,18,19). The molecular weight excluding hydrogens is 261 g/mol. The summed E-state index contributed by atoms with van der Waals surface area (Å²) >= 11 is 0. The lowest BCUT2D eigenvalue weighted by molar-refractivity contribution is -0.141. The number of fused-ring (bicyclic) bond motifs is 1. The van der Waals surface area contributed by atoms with E-state index in [0.717, 1.165) is 0 Å². The van der Waals surface area contributed by atoms with Crippen molar-refractivity contribution in [2.75, 3.05) is 0 Å². The van der Waals surface area contributed by atoms with Gasteiger partial charge in [-0.05, 0) is 25.1 Å². The topological polar surface area (TPSA) is 55.1 Å². The normalized spacial score (nSPS) is 13.7. The van der Waals surface area contributed by atoms with Crippen molar-refractivity contribution in [3.8, 4) is 0 Å². The Bertz CT molecular complexity index is 619. The van der Waals surface area contributed by atoms with Crippen LogP contribution in [-0.2, 0) is 0 Å². The maximum atomic E-state index is 12.4. The summed E-state index contributed by atoms with van der Waals surface area (Å²) in [5.74, 6) is -1.13. The van der Waals surface area contributed by atoms with Gasteiger partial charge in [-0.2, -0.15) is 13.2 Å². The van der Waals surface area contributed by atoms with Crippen LogP contribution in [0.25, 0.3) is 11.0 Å². The molecule has 1 aromatic carbocycles. The first-order chi connectivity index (χ1) is 8.78. The number of aromatic carboxylic acids is 1. The molecule has 2 rings (SSSR count). The van der Waals surface area contributed by atoms with Crippen molar-refractivity contribution < 1.29 is 23.1 Å². The predicted molar refractivity (Wildman–Crippen MR) is 62.1 cm³/mol. The molecule has 1 heterocycles. The molecule has 0 saturated heterocycles. The average molecular weight is 272 g/mol. The Kier molecular flexibility index (Phi) is 3.21. The van der Waals surface area contributed by atoms with E-state index in [1.54, 1.807) is 0 Å². The van der Waals surface area contributed by atoms with Crippen LogP contribution >= 0.6 is 0 Å². The van der Waals surface area contributed by atoms with E-state index >= 15 is 0 Å². The van der Waals surface area contributed by atoms with E-state index in [2.05, 4.69) is 4.98 Å². The number of imidazole rings is 1. The summed E-state index contributed by atoms with van der Waals surface area (Å²) in [7, 11) is 0. The van der Waals surface area contributed by atoms with Gasteiger partial charge in [0, 0.05) is 6.04 Å². The van der Waals surface area contributed by atoms with Crippen LogP contribution < -0.4 is 0 Å². The highest BCUT2D eigenvalue weighted by Gasteiger charge is 2.31. The minimum absolute atomic E-state index is 0.0217. The Balaban J connectivity index is 2.43. The van der Waals surface area contributed by atoms with Gasteiger partial charge in [0.2, 0.25) is 0 Å². The van der Waals surface area contributed by atoms with Crippen LogP contribution in [0.15, 0.2) is 24.5 Å². The summed E-state index contributed by atoms with van der Waals surface area (Å²) in [5, 5.41) is 8.89. The number of carbonyl (C=O) groups is 1. The minimum Gasteiger partial charge on any atom is -0.478 e. The lowest BCUT2D eigenvalue weighted by atomic mass is 10.1. The molecule has 0 fully saturated rings. The molecule has 1 N–H and O–H groups in total. The first kappa shape index (κ1) is 13.4. The smallest absolute Gasteiger partial charge is 0.391 e.